The number of urea groups is 1. The van der Waals surface area contributed by atoms with Crippen molar-refractivity contribution in [1.29, 1.82) is 0 Å². The Kier molecular flexibility index (Phi) is 5.61. The van der Waals surface area contributed by atoms with Gasteiger partial charge in [-0.15, -0.1) is 0 Å². The molecule has 2 aromatic rings. The lowest BCUT2D eigenvalue weighted by atomic mass is 10.2. The van der Waals surface area contributed by atoms with Gasteiger partial charge in [0, 0.05) is 18.3 Å². The minimum Gasteiger partial charge on any atom is -0.321 e. The minimum atomic E-state index is -3.05. The van der Waals surface area contributed by atoms with Gasteiger partial charge in [-0.05, 0) is 31.0 Å². The van der Waals surface area contributed by atoms with Crippen molar-refractivity contribution >= 4 is 21.6 Å². The molecule has 1 fully saturated rings. The van der Waals surface area contributed by atoms with E-state index >= 15 is 0 Å². The minimum absolute atomic E-state index is 0.0561. The maximum atomic E-state index is 13.3. The molecule has 1 atom stereocenters. The highest BCUT2D eigenvalue weighted by Gasteiger charge is 2.35. The summed E-state index contributed by atoms with van der Waals surface area (Å²) >= 11 is 0. The van der Waals surface area contributed by atoms with E-state index in [0.29, 0.717) is 19.5 Å². The molecule has 0 saturated carbocycles. The van der Waals surface area contributed by atoms with Gasteiger partial charge < -0.3 is 4.90 Å². The zero-order valence-electron chi connectivity index (χ0n) is 14.9. The Hall–Kier alpha value is -2.34. The lowest BCUT2D eigenvalue weighted by Gasteiger charge is -2.33. The first kappa shape index (κ1) is 18.5. The van der Waals surface area contributed by atoms with Gasteiger partial charge in [-0.3, -0.25) is 4.90 Å². The van der Waals surface area contributed by atoms with Crippen molar-refractivity contribution in [2.24, 2.45) is 0 Å². The van der Waals surface area contributed by atoms with Crippen molar-refractivity contribution in [1.82, 2.24) is 4.90 Å². The van der Waals surface area contributed by atoms with Crippen LogP contribution in [0.3, 0.4) is 0 Å². The van der Waals surface area contributed by atoms with Crippen LogP contribution in [-0.4, -0.2) is 43.4 Å². The molecule has 1 saturated heterocycles. The topological polar surface area (TPSA) is 57.7 Å². The molecule has 0 aromatic heterocycles. The fourth-order valence-electron chi connectivity index (χ4n) is 3.37. The van der Waals surface area contributed by atoms with E-state index in [2.05, 4.69) is 0 Å². The number of carbonyl (C=O) groups is 1. The van der Waals surface area contributed by atoms with E-state index in [0.717, 1.165) is 11.3 Å². The van der Waals surface area contributed by atoms with Gasteiger partial charge in [0.25, 0.3) is 0 Å². The largest absolute Gasteiger partial charge is 0.325 e. The molecule has 6 heteroatoms. The normalized spacial score (nSPS) is 18.4. The monoisotopic (exact) mass is 372 g/mol. The first-order valence-electron chi connectivity index (χ1n) is 8.87. The summed E-state index contributed by atoms with van der Waals surface area (Å²) in [6, 6.07) is 18.9. The molecule has 0 radical (unpaired) electrons. The number of para-hydroxylation sites is 1. The van der Waals surface area contributed by atoms with Crippen molar-refractivity contribution in [2.75, 3.05) is 23.0 Å². The van der Waals surface area contributed by atoms with Crippen molar-refractivity contribution in [2.45, 2.75) is 25.9 Å². The second-order valence-electron chi connectivity index (χ2n) is 6.53. The predicted octanol–water partition coefficient (Wildman–Crippen LogP) is 3.32. The number of rotatable bonds is 5. The van der Waals surface area contributed by atoms with Gasteiger partial charge in [-0.2, -0.15) is 0 Å². The molecule has 26 heavy (non-hydrogen) atoms. The van der Waals surface area contributed by atoms with Crippen LogP contribution < -0.4 is 4.90 Å². The molecule has 1 aliphatic heterocycles. The predicted molar refractivity (Wildman–Crippen MR) is 104 cm³/mol. The summed E-state index contributed by atoms with van der Waals surface area (Å²) in [4.78, 5) is 16.8. The van der Waals surface area contributed by atoms with E-state index < -0.39 is 9.84 Å². The van der Waals surface area contributed by atoms with E-state index in [1.807, 2.05) is 67.6 Å². The number of nitrogens with zero attached hydrogens (tertiary/aromatic N) is 2. The van der Waals surface area contributed by atoms with Crippen LogP contribution in [-0.2, 0) is 16.4 Å². The molecule has 0 spiro atoms. The average molecular weight is 372 g/mol. The highest BCUT2D eigenvalue weighted by molar-refractivity contribution is 7.91. The number of carbonyl (C=O) groups excluding carboxylic acids is 1. The van der Waals surface area contributed by atoms with Gasteiger partial charge >= 0.3 is 6.03 Å². The summed E-state index contributed by atoms with van der Waals surface area (Å²) in [5.41, 5.74) is 1.83. The van der Waals surface area contributed by atoms with Gasteiger partial charge in [0.2, 0.25) is 0 Å². The van der Waals surface area contributed by atoms with Crippen LogP contribution in [0.1, 0.15) is 18.9 Å². The summed E-state index contributed by atoms with van der Waals surface area (Å²) in [7, 11) is -3.05. The van der Waals surface area contributed by atoms with E-state index in [1.54, 1.807) is 9.80 Å². The number of hydrogen-bond donors (Lipinski definition) is 0. The van der Waals surface area contributed by atoms with Gasteiger partial charge in [0.05, 0.1) is 18.1 Å². The molecule has 0 bridgehead atoms. The number of anilines is 1. The molecule has 1 unspecified atom stereocenters. The molecule has 2 amide bonds. The van der Waals surface area contributed by atoms with Gasteiger partial charge in [-0.1, -0.05) is 48.5 Å². The Morgan fingerprint density at radius 2 is 1.65 bits per heavy atom. The van der Waals surface area contributed by atoms with Crippen molar-refractivity contribution in [3.05, 3.63) is 66.2 Å². The summed E-state index contributed by atoms with van der Waals surface area (Å²) in [5, 5.41) is 0. The number of amides is 2. The summed E-state index contributed by atoms with van der Waals surface area (Å²) in [6.45, 7) is 2.82. The van der Waals surface area contributed by atoms with Crippen molar-refractivity contribution in [3.63, 3.8) is 0 Å². The number of benzene rings is 2. The first-order chi connectivity index (χ1) is 12.5. The van der Waals surface area contributed by atoms with Crippen LogP contribution in [0.4, 0.5) is 10.5 Å². The lowest BCUT2D eigenvalue weighted by molar-refractivity contribution is 0.190. The molecule has 1 aliphatic rings. The van der Waals surface area contributed by atoms with Crippen LogP contribution >= 0.6 is 0 Å². The SMILES string of the molecule is CCN(C(=O)N(Cc1ccccc1)c1ccccc1)C1CCS(=O)(=O)C1. The number of sulfone groups is 1. The molecule has 3 rings (SSSR count). The summed E-state index contributed by atoms with van der Waals surface area (Å²) < 4.78 is 23.7. The van der Waals surface area contributed by atoms with Gasteiger partial charge in [0.1, 0.15) is 0 Å². The Bertz CT molecular complexity index is 838. The van der Waals surface area contributed by atoms with Crippen LogP contribution in [0.5, 0.6) is 0 Å². The maximum absolute atomic E-state index is 13.3. The molecular weight excluding hydrogens is 348 g/mol. The van der Waals surface area contributed by atoms with E-state index in [1.165, 1.54) is 0 Å². The summed E-state index contributed by atoms with van der Waals surface area (Å²) in [6.07, 6.45) is 0.510. The molecule has 2 aromatic carbocycles. The van der Waals surface area contributed by atoms with E-state index in [4.69, 9.17) is 0 Å². The van der Waals surface area contributed by atoms with E-state index in [-0.39, 0.29) is 23.6 Å². The zero-order chi connectivity index (χ0) is 18.6. The van der Waals surface area contributed by atoms with Crippen molar-refractivity contribution in [3.8, 4) is 0 Å². The smallest absolute Gasteiger partial charge is 0.321 e. The molecule has 5 nitrogen and oxygen atoms in total. The third kappa shape index (κ3) is 4.25. The molecule has 138 valence electrons. The fourth-order valence-corrected chi connectivity index (χ4v) is 5.10. The van der Waals surface area contributed by atoms with E-state index in [9.17, 15) is 13.2 Å². The van der Waals surface area contributed by atoms with Gasteiger partial charge in [-0.25, -0.2) is 13.2 Å². The first-order valence-corrected chi connectivity index (χ1v) is 10.7. The maximum Gasteiger partial charge on any atom is 0.325 e. The van der Waals surface area contributed by atoms with Crippen LogP contribution in [0.25, 0.3) is 0 Å². The van der Waals surface area contributed by atoms with Crippen LogP contribution in [0.2, 0.25) is 0 Å². The van der Waals surface area contributed by atoms with Gasteiger partial charge in [0.15, 0.2) is 9.84 Å². The van der Waals surface area contributed by atoms with Crippen LogP contribution in [0.15, 0.2) is 60.7 Å². The Labute approximate surface area is 155 Å². The Morgan fingerprint density at radius 1 is 1.04 bits per heavy atom. The molecule has 0 aliphatic carbocycles. The zero-order valence-corrected chi connectivity index (χ0v) is 15.7. The van der Waals surface area contributed by atoms with Crippen molar-refractivity contribution < 1.29 is 13.2 Å². The highest BCUT2D eigenvalue weighted by Crippen LogP contribution is 2.23. The third-order valence-corrected chi connectivity index (χ3v) is 6.47. The molecular formula is C20H24N2O3S. The fraction of sp³-hybridized carbons (Fsp3) is 0.350. The third-order valence-electron chi connectivity index (χ3n) is 4.72. The number of hydrogen-bond acceptors (Lipinski definition) is 3. The average Bonchev–Trinajstić information content (AvgIpc) is 3.01. The standard InChI is InChI=1S/C20H24N2O3S/c1-2-21(19-13-14-26(24,25)16-19)20(23)22(18-11-7-4-8-12-18)15-17-9-5-3-6-10-17/h3-12,19H,2,13-16H2,1H3. The highest BCUT2D eigenvalue weighted by atomic mass is 32.2. The Morgan fingerprint density at radius 3 is 2.19 bits per heavy atom. The quantitative estimate of drug-likeness (QED) is 0.809. The van der Waals surface area contributed by atoms with Crippen LogP contribution in [0, 0.1) is 0 Å². The second kappa shape index (κ2) is 7.91. The molecule has 0 N–H and O–H groups in total. The molecule has 1 heterocycles. The second-order valence-corrected chi connectivity index (χ2v) is 8.76. The summed E-state index contributed by atoms with van der Waals surface area (Å²) in [5.74, 6) is 0.214. The Balaban J connectivity index is 1.88. The lowest BCUT2D eigenvalue weighted by Crippen LogP contribution is -2.48.